The maximum atomic E-state index is 5.45. The Morgan fingerprint density at radius 3 is 2.75 bits per heavy atom. The van der Waals surface area contributed by atoms with Crippen LogP contribution >= 0.6 is 22.6 Å². The quantitative estimate of drug-likeness (QED) is 0.855. The van der Waals surface area contributed by atoms with Gasteiger partial charge in [-0.1, -0.05) is 6.07 Å². The molecule has 0 amide bonds. The van der Waals surface area contributed by atoms with E-state index < -0.39 is 0 Å². The largest absolute Gasteiger partial charge is 0.496 e. The molecule has 0 unspecified atom stereocenters. The van der Waals surface area contributed by atoms with Crippen LogP contribution in [0.5, 0.6) is 5.75 Å². The third kappa shape index (κ3) is 2.35. The number of halogens is 1. The van der Waals surface area contributed by atoms with Gasteiger partial charge in [-0.05, 0) is 53.3 Å². The summed E-state index contributed by atoms with van der Waals surface area (Å²) in [6.07, 6.45) is 0.931. The fraction of sp³-hybridized carbons (Fsp3) is 0.333. The van der Waals surface area contributed by atoms with Gasteiger partial charge in [-0.25, -0.2) is 0 Å². The van der Waals surface area contributed by atoms with Crippen molar-refractivity contribution in [1.82, 2.24) is 0 Å². The van der Waals surface area contributed by atoms with E-state index in [9.17, 15) is 0 Å². The van der Waals surface area contributed by atoms with Crippen LogP contribution in [-0.4, -0.2) is 13.7 Å². The third-order valence-corrected chi connectivity index (χ3v) is 2.49. The summed E-state index contributed by atoms with van der Waals surface area (Å²) >= 11 is 2.26. The van der Waals surface area contributed by atoms with Gasteiger partial charge in [0.1, 0.15) is 5.75 Å². The van der Waals surface area contributed by atoms with Crippen LogP contribution in [-0.2, 0) is 6.42 Å². The SMILES string of the molecule is COc1ccc(CCN)cc1I. The molecule has 0 aliphatic heterocycles. The van der Waals surface area contributed by atoms with Crippen molar-refractivity contribution >= 4 is 22.6 Å². The molecule has 0 heterocycles. The zero-order valence-electron chi connectivity index (χ0n) is 7.01. The van der Waals surface area contributed by atoms with Gasteiger partial charge in [-0.3, -0.25) is 0 Å². The molecular weight excluding hydrogens is 265 g/mol. The highest BCUT2D eigenvalue weighted by Gasteiger charge is 1.99. The maximum Gasteiger partial charge on any atom is 0.132 e. The Labute approximate surface area is 86.2 Å². The lowest BCUT2D eigenvalue weighted by Crippen LogP contribution is -2.02. The smallest absolute Gasteiger partial charge is 0.132 e. The molecule has 0 spiro atoms. The molecule has 1 aromatic carbocycles. The average molecular weight is 277 g/mol. The van der Waals surface area contributed by atoms with Crippen LogP contribution < -0.4 is 10.5 Å². The average Bonchev–Trinajstić information content (AvgIpc) is 2.05. The van der Waals surface area contributed by atoms with E-state index in [0.29, 0.717) is 6.54 Å². The fourth-order valence-electron chi connectivity index (χ4n) is 1.03. The molecule has 0 radical (unpaired) electrons. The first-order chi connectivity index (χ1) is 5.77. The summed E-state index contributed by atoms with van der Waals surface area (Å²) in [5.74, 6) is 0.927. The Kier molecular flexibility index (Phi) is 3.81. The summed E-state index contributed by atoms with van der Waals surface area (Å²) in [6.45, 7) is 0.697. The lowest BCUT2D eigenvalue weighted by Gasteiger charge is -2.04. The standard InChI is InChI=1S/C9H12INO/c1-12-9-3-2-7(4-5-11)6-8(9)10/h2-3,6H,4-5,11H2,1H3. The molecule has 0 aromatic heterocycles. The summed E-state index contributed by atoms with van der Waals surface area (Å²) in [5, 5.41) is 0. The number of methoxy groups -OCH3 is 1. The second kappa shape index (κ2) is 4.67. The topological polar surface area (TPSA) is 35.2 Å². The number of rotatable bonds is 3. The molecule has 0 aliphatic rings. The van der Waals surface area contributed by atoms with Crippen molar-refractivity contribution in [3.63, 3.8) is 0 Å². The van der Waals surface area contributed by atoms with Crippen molar-refractivity contribution in [2.24, 2.45) is 5.73 Å². The highest BCUT2D eigenvalue weighted by Crippen LogP contribution is 2.21. The van der Waals surface area contributed by atoms with Crippen LogP contribution in [0.3, 0.4) is 0 Å². The highest BCUT2D eigenvalue weighted by atomic mass is 127. The summed E-state index contributed by atoms with van der Waals surface area (Å²) < 4.78 is 6.28. The van der Waals surface area contributed by atoms with Crippen LogP contribution in [0.15, 0.2) is 18.2 Å². The molecule has 0 fully saturated rings. The van der Waals surface area contributed by atoms with Gasteiger partial charge in [0, 0.05) is 0 Å². The van der Waals surface area contributed by atoms with Gasteiger partial charge < -0.3 is 10.5 Å². The number of hydrogen-bond acceptors (Lipinski definition) is 2. The second-order valence-electron chi connectivity index (χ2n) is 2.51. The molecular formula is C9H12INO. The van der Waals surface area contributed by atoms with Crippen LogP contribution in [0, 0.1) is 3.57 Å². The van der Waals surface area contributed by atoms with Gasteiger partial charge in [0.2, 0.25) is 0 Å². The maximum absolute atomic E-state index is 5.45. The van der Waals surface area contributed by atoms with Crippen molar-refractivity contribution in [3.8, 4) is 5.75 Å². The second-order valence-corrected chi connectivity index (χ2v) is 3.67. The third-order valence-electron chi connectivity index (χ3n) is 1.65. The summed E-state index contributed by atoms with van der Waals surface area (Å²) in [4.78, 5) is 0. The van der Waals surface area contributed by atoms with E-state index in [1.54, 1.807) is 7.11 Å². The lowest BCUT2D eigenvalue weighted by molar-refractivity contribution is 0.411. The van der Waals surface area contributed by atoms with Crippen molar-refractivity contribution in [2.45, 2.75) is 6.42 Å². The van der Waals surface area contributed by atoms with Crippen LogP contribution in [0.4, 0.5) is 0 Å². The van der Waals surface area contributed by atoms with Crippen molar-refractivity contribution in [3.05, 3.63) is 27.3 Å². The molecule has 0 saturated heterocycles. The molecule has 66 valence electrons. The number of benzene rings is 1. The van der Waals surface area contributed by atoms with Crippen LogP contribution in [0.1, 0.15) is 5.56 Å². The molecule has 0 saturated carbocycles. The Morgan fingerprint density at radius 1 is 1.50 bits per heavy atom. The van der Waals surface area contributed by atoms with E-state index in [1.165, 1.54) is 5.56 Å². The first-order valence-electron chi connectivity index (χ1n) is 3.80. The molecule has 2 nitrogen and oxygen atoms in total. The van der Waals surface area contributed by atoms with E-state index in [2.05, 4.69) is 28.7 Å². The van der Waals surface area contributed by atoms with E-state index in [4.69, 9.17) is 10.5 Å². The summed E-state index contributed by atoms with van der Waals surface area (Å²) in [6, 6.07) is 6.13. The van der Waals surface area contributed by atoms with Crippen LogP contribution in [0.25, 0.3) is 0 Å². The molecule has 12 heavy (non-hydrogen) atoms. The van der Waals surface area contributed by atoms with E-state index in [0.717, 1.165) is 15.7 Å². The Morgan fingerprint density at radius 2 is 2.25 bits per heavy atom. The molecule has 2 N–H and O–H groups in total. The molecule has 0 atom stereocenters. The minimum Gasteiger partial charge on any atom is -0.496 e. The summed E-state index contributed by atoms with van der Waals surface area (Å²) in [7, 11) is 1.68. The lowest BCUT2D eigenvalue weighted by atomic mass is 10.1. The summed E-state index contributed by atoms with van der Waals surface area (Å²) in [5.41, 5.74) is 6.71. The monoisotopic (exact) mass is 277 g/mol. The molecule has 1 aromatic rings. The van der Waals surface area contributed by atoms with Gasteiger partial charge in [0.25, 0.3) is 0 Å². The Bertz CT molecular complexity index is 263. The predicted octanol–water partition coefficient (Wildman–Crippen LogP) is 1.80. The van der Waals surface area contributed by atoms with E-state index >= 15 is 0 Å². The molecule has 0 aliphatic carbocycles. The number of hydrogen-bond donors (Lipinski definition) is 1. The van der Waals surface area contributed by atoms with E-state index in [1.807, 2.05) is 12.1 Å². The Hall–Kier alpha value is -0.290. The molecule has 1 rings (SSSR count). The minimum atomic E-state index is 0.697. The zero-order valence-corrected chi connectivity index (χ0v) is 9.17. The van der Waals surface area contributed by atoms with Gasteiger partial charge in [0.05, 0.1) is 10.7 Å². The normalized spacial score (nSPS) is 9.92. The Balaban J connectivity index is 2.86. The number of nitrogens with two attached hydrogens (primary N) is 1. The predicted molar refractivity (Wildman–Crippen MR) is 58.5 cm³/mol. The van der Waals surface area contributed by atoms with Gasteiger partial charge in [0.15, 0.2) is 0 Å². The number of ether oxygens (including phenoxy) is 1. The zero-order chi connectivity index (χ0) is 8.97. The van der Waals surface area contributed by atoms with E-state index in [-0.39, 0.29) is 0 Å². The molecule has 3 heteroatoms. The van der Waals surface area contributed by atoms with Crippen molar-refractivity contribution in [1.29, 1.82) is 0 Å². The first-order valence-corrected chi connectivity index (χ1v) is 4.88. The van der Waals surface area contributed by atoms with Crippen molar-refractivity contribution in [2.75, 3.05) is 13.7 Å². The van der Waals surface area contributed by atoms with Crippen LogP contribution in [0.2, 0.25) is 0 Å². The minimum absolute atomic E-state index is 0.697. The first kappa shape index (κ1) is 9.80. The van der Waals surface area contributed by atoms with Gasteiger partial charge in [-0.15, -0.1) is 0 Å². The fourth-order valence-corrected chi connectivity index (χ4v) is 1.83. The van der Waals surface area contributed by atoms with Crippen molar-refractivity contribution < 1.29 is 4.74 Å². The van der Waals surface area contributed by atoms with Gasteiger partial charge in [-0.2, -0.15) is 0 Å². The highest BCUT2D eigenvalue weighted by molar-refractivity contribution is 14.1. The molecule has 0 bridgehead atoms. The van der Waals surface area contributed by atoms with Gasteiger partial charge >= 0.3 is 0 Å².